The lowest BCUT2D eigenvalue weighted by Crippen LogP contribution is -2.20. The molecule has 1 aromatic carbocycles. The molecule has 3 N–H and O–H groups in total. The molecule has 1 saturated carbocycles. The number of hydrogen-bond acceptors (Lipinski definition) is 8. The van der Waals surface area contributed by atoms with Crippen molar-refractivity contribution in [3.63, 3.8) is 0 Å². The first-order valence-corrected chi connectivity index (χ1v) is 10.4. The summed E-state index contributed by atoms with van der Waals surface area (Å²) in [6, 6.07) is 11.8. The number of nitrogens with two attached hydrogens (primary N) is 1. The lowest BCUT2D eigenvalue weighted by molar-refractivity contribution is 0.300. The summed E-state index contributed by atoms with van der Waals surface area (Å²) in [5.41, 5.74) is 7.89. The zero-order valence-electron chi connectivity index (χ0n) is 15.8. The maximum absolute atomic E-state index is 9.85. The average Bonchev–Trinajstić information content (AvgIpc) is 3.43. The quantitative estimate of drug-likeness (QED) is 0.681. The molecule has 2 aliphatic rings. The molecular weight excluding hydrogens is 384 g/mol. The van der Waals surface area contributed by atoms with E-state index in [4.69, 9.17) is 10.5 Å². The first-order valence-electron chi connectivity index (χ1n) is 9.46. The number of nitrogens with one attached hydrogen (secondary N) is 1. The molecule has 1 fully saturated rings. The minimum Gasteiger partial charge on any atom is -0.493 e. The van der Waals surface area contributed by atoms with Crippen molar-refractivity contribution in [2.75, 3.05) is 31.2 Å². The molecule has 1 aromatic heterocycles. The summed E-state index contributed by atoms with van der Waals surface area (Å²) in [5.74, 6) is 3.02. The summed E-state index contributed by atoms with van der Waals surface area (Å²) in [6.07, 6.45) is 2.46. The van der Waals surface area contributed by atoms with E-state index in [0.717, 1.165) is 36.8 Å². The van der Waals surface area contributed by atoms with Gasteiger partial charge in [-0.3, -0.25) is 4.99 Å². The Morgan fingerprint density at radius 1 is 1.17 bits per heavy atom. The normalized spacial score (nSPS) is 15.2. The highest BCUT2D eigenvalue weighted by Gasteiger charge is 2.23. The molecule has 146 valence electrons. The molecular formula is C21H20N6OS. The van der Waals surface area contributed by atoms with Crippen LogP contribution in [0.4, 0.5) is 5.82 Å². The van der Waals surface area contributed by atoms with E-state index in [2.05, 4.69) is 27.4 Å². The van der Waals surface area contributed by atoms with Crippen molar-refractivity contribution in [3.8, 4) is 29.0 Å². The summed E-state index contributed by atoms with van der Waals surface area (Å²) in [7, 11) is 0. The fourth-order valence-electron chi connectivity index (χ4n) is 3.09. The minimum absolute atomic E-state index is 0.124. The number of anilines is 1. The predicted octanol–water partition coefficient (Wildman–Crippen LogP) is 2.96. The highest BCUT2D eigenvalue weighted by atomic mass is 32.2. The largest absolute Gasteiger partial charge is 0.493 e. The van der Waals surface area contributed by atoms with Crippen molar-refractivity contribution in [2.45, 2.75) is 17.9 Å². The Balaban J connectivity index is 1.66. The van der Waals surface area contributed by atoms with Crippen molar-refractivity contribution >= 4 is 23.4 Å². The fourth-order valence-corrected chi connectivity index (χ4v) is 4.01. The molecule has 0 bridgehead atoms. The van der Waals surface area contributed by atoms with E-state index >= 15 is 0 Å². The van der Waals surface area contributed by atoms with E-state index in [0.29, 0.717) is 27.8 Å². The lowest BCUT2D eigenvalue weighted by Gasteiger charge is -2.13. The molecule has 1 aliphatic carbocycles. The Bertz CT molecular complexity index is 1030. The van der Waals surface area contributed by atoms with Crippen LogP contribution in [0.25, 0.3) is 11.1 Å². The first-order chi connectivity index (χ1) is 14.2. The van der Waals surface area contributed by atoms with E-state index in [9.17, 15) is 10.5 Å². The van der Waals surface area contributed by atoms with Crippen molar-refractivity contribution in [2.24, 2.45) is 10.9 Å². The SMILES string of the molecule is N#Cc1c(N)nc(SCC2=NCCN2)c(C#N)c1-c1ccc(OCC2CC2)cc1. The van der Waals surface area contributed by atoms with Crippen LogP contribution in [0.15, 0.2) is 34.3 Å². The van der Waals surface area contributed by atoms with Crippen LogP contribution in [-0.2, 0) is 0 Å². The first kappa shape index (κ1) is 19.1. The minimum atomic E-state index is 0.124. The van der Waals surface area contributed by atoms with Crippen LogP contribution < -0.4 is 15.8 Å². The van der Waals surface area contributed by atoms with Crippen LogP contribution in [0.2, 0.25) is 0 Å². The van der Waals surface area contributed by atoms with Crippen LogP contribution >= 0.6 is 11.8 Å². The van der Waals surface area contributed by atoms with Gasteiger partial charge in [-0.05, 0) is 36.5 Å². The van der Waals surface area contributed by atoms with Gasteiger partial charge in [-0.2, -0.15) is 10.5 Å². The van der Waals surface area contributed by atoms with Crippen molar-refractivity contribution in [3.05, 3.63) is 35.4 Å². The van der Waals surface area contributed by atoms with Gasteiger partial charge in [0, 0.05) is 12.1 Å². The molecule has 0 spiro atoms. The van der Waals surface area contributed by atoms with Crippen LogP contribution in [-0.4, -0.2) is 36.3 Å². The Morgan fingerprint density at radius 2 is 1.93 bits per heavy atom. The number of hydrogen-bond donors (Lipinski definition) is 2. The molecule has 2 aromatic rings. The van der Waals surface area contributed by atoms with Crippen LogP contribution in [0.3, 0.4) is 0 Å². The molecule has 0 unspecified atom stereocenters. The van der Waals surface area contributed by atoms with E-state index in [1.807, 2.05) is 24.3 Å². The third-order valence-electron chi connectivity index (χ3n) is 4.83. The Morgan fingerprint density at radius 3 is 2.55 bits per heavy atom. The third-order valence-corrected chi connectivity index (χ3v) is 5.82. The van der Waals surface area contributed by atoms with Crippen molar-refractivity contribution < 1.29 is 4.74 Å². The zero-order valence-corrected chi connectivity index (χ0v) is 16.6. The lowest BCUT2D eigenvalue weighted by atomic mass is 9.97. The Labute approximate surface area is 173 Å². The monoisotopic (exact) mass is 404 g/mol. The topological polar surface area (TPSA) is 120 Å². The number of aliphatic imine (C=N–C) groups is 1. The molecule has 29 heavy (non-hydrogen) atoms. The maximum Gasteiger partial charge on any atom is 0.143 e. The fraction of sp³-hybridized carbons (Fsp3) is 0.333. The van der Waals surface area contributed by atoms with Gasteiger partial charge in [0.25, 0.3) is 0 Å². The number of pyridine rings is 1. The maximum atomic E-state index is 9.85. The second kappa shape index (κ2) is 8.42. The van der Waals surface area contributed by atoms with Gasteiger partial charge in [-0.15, -0.1) is 0 Å². The molecule has 0 radical (unpaired) electrons. The number of amidine groups is 1. The highest BCUT2D eigenvalue weighted by Crippen LogP contribution is 2.36. The number of nitrogens with zero attached hydrogens (tertiary/aromatic N) is 4. The van der Waals surface area contributed by atoms with Crippen LogP contribution in [0, 0.1) is 28.6 Å². The Kier molecular flexibility index (Phi) is 5.55. The molecule has 8 heteroatoms. The van der Waals surface area contributed by atoms with Crippen LogP contribution in [0.1, 0.15) is 24.0 Å². The smallest absolute Gasteiger partial charge is 0.143 e. The molecule has 0 amide bonds. The number of nitrogen functional groups attached to an aromatic ring is 1. The van der Waals surface area contributed by atoms with Crippen molar-refractivity contribution in [1.82, 2.24) is 10.3 Å². The third kappa shape index (κ3) is 4.28. The number of nitriles is 2. The van der Waals surface area contributed by atoms with Gasteiger partial charge in [-0.1, -0.05) is 23.9 Å². The summed E-state index contributed by atoms with van der Waals surface area (Å²) in [5, 5.41) is 23.2. The molecule has 7 nitrogen and oxygen atoms in total. The average molecular weight is 404 g/mol. The highest BCUT2D eigenvalue weighted by molar-refractivity contribution is 8.00. The van der Waals surface area contributed by atoms with Gasteiger partial charge in [0.05, 0.1) is 24.5 Å². The van der Waals surface area contributed by atoms with Gasteiger partial charge in [0.2, 0.25) is 0 Å². The zero-order chi connectivity index (χ0) is 20.2. The molecule has 1 aliphatic heterocycles. The summed E-state index contributed by atoms with van der Waals surface area (Å²) >= 11 is 1.39. The molecule has 2 heterocycles. The summed E-state index contributed by atoms with van der Waals surface area (Å²) < 4.78 is 5.79. The number of benzene rings is 1. The standard InChI is InChI=1S/C21H20N6OS/c22-9-16-19(14-3-5-15(6-4-14)28-11-13-1-2-13)17(10-23)21(27-20(16)24)29-12-18-25-7-8-26-18/h3-6,13H,1-2,7-8,11-12H2,(H2,24,27)(H,25,26). The summed E-state index contributed by atoms with van der Waals surface area (Å²) in [6.45, 7) is 2.31. The molecule has 0 saturated heterocycles. The van der Waals surface area contributed by atoms with Gasteiger partial charge >= 0.3 is 0 Å². The van der Waals surface area contributed by atoms with Gasteiger partial charge in [0.15, 0.2) is 0 Å². The number of thioether (sulfide) groups is 1. The predicted molar refractivity (Wildman–Crippen MR) is 113 cm³/mol. The van der Waals surface area contributed by atoms with Gasteiger partial charge in [0.1, 0.15) is 40.1 Å². The second-order valence-corrected chi connectivity index (χ2v) is 7.94. The van der Waals surface area contributed by atoms with E-state index in [1.54, 1.807) is 0 Å². The number of rotatable bonds is 7. The number of aromatic nitrogens is 1. The number of ether oxygens (including phenoxy) is 1. The summed E-state index contributed by atoms with van der Waals surface area (Å²) in [4.78, 5) is 8.69. The van der Waals surface area contributed by atoms with Crippen molar-refractivity contribution in [1.29, 1.82) is 10.5 Å². The van der Waals surface area contributed by atoms with E-state index < -0.39 is 0 Å². The Hall–Kier alpha value is -3.23. The second-order valence-electron chi connectivity index (χ2n) is 6.97. The molecule has 4 rings (SSSR count). The van der Waals surface area contributed by atoms with Gasteiger partial charge < -0.3 is 15.8 Å². The van der Waals surface area contributed by atoms with Crippen LogP contribution in [0.5, 0.6) is 5.75 Å². The van der Waals surface area contributed by atoms with Gasteiger partial charge in [-0.25, -0.2) is 4.98 Å². The molecule has 0 atom stereocenters. The van der Waals surface area contributed by atoms with E-state index in [-0.39, 0.29) is 11.4 Å². The van der Waals surface area contributed by atoms with E-state index in [1.165, 1.54) is 24.6 Å².